The molecule has 7 heteroatoms. The van der Waals surface area contributed by atoms with E-state index < -0.39 is 0 Å². The molecule has 2 aliphatic rings. The quantitative estimate of drug-likeness (QED) is 0.639. The lowest BCUT2D eigenvalue weighted by molar-refractivity contribution is -0.119. The number of nitrogens with zero attached hydrogens (tertiary/aromatic N) is 2. The van der Waals surface area contributed by atoms with Gasteiger partial charge >= 0.3 is 0 Å². The molecule has 0 aliphatic carbocycles. The van der Waals surface area contributed by atoms with Crippen molar-refractivity contribution in [2.45, 2.75) is 20.3 Å². The van der Waals surface area contributed by atoms with Crippen molar-refractivity contribution in [2.24, 2.45) is 0 Å². The minimum absolute atomic E-state index is 0.0334. The second kappa shape index (κ2) is 9.22. The summed E-state index contributed by atoms with van der Waals surface area (Å²) in [5, 5.41) is 6.16. The van der Waals surface area contributed by atoms with Crippen LogP contribution in [0.4, 0.5) is 17.1 Å². The summed E-state index contributed by atoms with van der Waals surface area (Å²) < 4.78 is 5.68. The number of rotatable bonds is 8. The fraction of sp³-hybridized carbons (Fsp3) is 0.333. The van der Waals surface area contributed by atoms with Crippen LogP contribution in [-0.4, -0.2) is 44.5 Å². The first-order valence-corrected chi connectivity index (χ1v) is 10.8. The Morgan fingerprint density at radius 1 is 1.06 bits per heavy atom. The van der Waals surface area contributed by atoms with E-state index in [0.29, 0.717) is 31.0 Å². The number of likely N-dealkylation sites (N-methyl/N-ethyl adjacent to an activating group) is 1. The first kappa shape index (κ1) is 20.9. The van der Waals surface area contributed by atoms with Crippen LogP contribution in [0.1, 0.15) is 20.3 Å². The highest BCUT2D eigenvalue weighted by atomic mass is 16.5. The number of Topliss-reactive ketones (excluding diaryl/α,β-unsaturated/α-hetero) is 1. The molecule has 1 amide bonds. The molecule has 162 valence electrons. The van der Waals surface area contributed by atoms with Gasteiger partial charge < -0.3 is 25.2 Å². The largest absolute Gasteiger partial charge is 0.492 e. The molecule has 0 saturated heterocycles. The average molecular weight is 421 g/mol. The molecule has 0 unspecified atom stereocenters. The van der Waals surface area contributed by atoms with Crippen LogP contribution < -0.4 is 25.2 Å². The van der Waals surface area contributed by atoms with E-state index in [-0.39, 0.29) is 18.1 Å². The number of para-hydroxylation sites is 2. The smallest absolute Gasteiger partial charge is 0.255 e. The maximum atomic E-state index is 13.2. The Morgan fingerprint density at radius 2 is 1.81 bits per heavy atom. The number of hydrogen-bond acceptors (Lipinski definition) is 6. The lowest BCUT2D eigenvalue weighted by Gasteiger charge is -2.30. The monoisotopic (exact) mass is 420 g/mol. The molecule has 2 aromatic carbocycles. The van der Waals surface area contributed by atoms with E-state index in [1.54, 1.807) is 0 Å². The normalized spacial score (nSPS) is 15.1. The molecule has 0 spiro atoms. The molecule has 0 aromatic heterocycles. The predicted molar refractivity (Wildman–Crippen MR) is 123 cm³/mol. The number of ether oxygens (including phenoxy) is 1. The number of benzene rings is 2. The molecule has 0 radical (unpaired) electrons. The van der Waals surface area contributed by atoms with E-state index in [9.17, 15) is 9.59 Å². The van der Waals surface area contributed by atoms with Crippen LogP contribution in [0.25, 0.3) is 0 Å². The van der Waals surface area contributed by atoms with Gasteiger partial charge in [-0.2, -0.15) is 0 Å². The standard InChI is InChI=1S/C24H28N4O3/c1-3-25-13-14-31-19-11-9-17(10-12-19)26-23(30)20-15-18(29)16-28-22-8-6-5-7-21(22)27(4-2)24(20)28/h5-12,25H,3-4,13-16H2,1-2H3,(H,26,30). The van der Waals surface area contributed by atoms with E-state index >= 15 is 0 Å². The number of nitrogens with one attached hydrogen (secondary N) is 2. The van der Waals surface area contributed by atoms with E-state index in [0.717, 1.165) is 36.0 Å². The third-order valence-electron chi connectivity index (χ3n) is 5.45. The van der Waals surface area contributed by atoms with Gasteiger partial charge in [0.2, 0.25) is 0 Å². The Kier molecular flexibility index (Phi) is 6.23. The van der Waals surface area contributed by atoms with Crippen molar-refractivity contribution in [2.75, 3.05) is 47.9 Å². The number of fused-ring (bicyclic) bond motifs is 3. The van der Waals surface area contributed by atoms with Gasteiger partial charge in [0.05, 0.1) is 23.5 Å². The van der Waals surface area contributed by atoms with Gasteiger partial charge in [-0.15, -0.1) is 0 Å². The molecule has 2 aromatic rings. The highest BCUT2D eigenvalue weighted by Gasteiger charge is 2.39. The number of amides is 1. The number of carbonyl (C=O) groups is 2. The molecule has 7 nitrogen and oxygen atoms in total. The lowest BCUT2D eigenvalue weighted by Crippen LogP contribution is -2.40. The fourth-order valence-electron chi connectivity index (χ4n) is 4.05. The molecule has 4 rings (SSSR count). The third-order valence-corrected chi connectivity index (χ3v) is 5.45. The summed E-state index contributed by atoms with van der Waals surface area (Å²) in [7, 11) is 0. The SMILES string of the molecule is CCNCCOc1ccc(NC(=O)C2=C3N(CC)c4ccccc4N3CC(=O)C2)cc1. The molecule has 0 saturated carbocycles. The van der Waals surface area contributed by atoms with Crippen molar-refractivity contribution in [1.29, 1.82) is 0 Å². The number of ketones is 1. The van der Waals surface area contributed by atoms with Gasteiger partial charge in [-0.25, -0.2) is 0 Å². The summed E-state index contributed by atoms with van der Waals surface area (Å²) in [6.07, 6.45) is 0.133. The highest BCUT2D eigenvalue weighted by Crippen LogP contribution is 2.44. The average Bonchev–Trinajstić information content (AvgIpc) is 3.10. The second-order valence-electron chi connectivity index (χ2n) is 7.52. The third kappa shape index (κ3) is 4.27. The summed E-state index contributed by atoms with van der Waals surface area (Å²) >= 11 is 0. The van der Waals surface area contributed by atoms with Crippen LogP contribution in [0.3, 0.4) is 0 Å². The zero-order valence-electron chi connectivity index (χ0n) is 18.0. The predicted octanol–water partition coefficient (Wildman–Crippen LogP) is 3.14. The van der Waals surface area contributed by atoms with Gasteiger partial charge in [-0.1, -0.05) is 19.1 Å². The highest BCUT2D eigenvalue weighted by molar-refractivity contribution is 6.11. The van der Waals surface area contributed by atoms with Crippen molar-refractivity contribution in [3.63, 3.8) is 0 Å². The molecular weight excluding hydrogens is 392 g/mol. The molecule has 0 fully saturated rings. The summed E-state index contributed by atoms with van der Waals surface area (Å²) in [5.41, 5.74) is 3.16. The second-order valence-corrected chi connectivity index (χ2v) is 7.52. The van der Waals surface area contributed by atoms with Crippen molar-refractivity contribution in [3.8, 4) is 5.75 Å². The van der Waals surface area contributed by atoms with Crippen LogP contribution in [-0.2, 0) is 9.59 Å². The number of carbonyl (C=O) groups excluding carboxylic acids is 2. The van der Waals surface area contributed by atoms with Crippen molar-refractivity contribution in [3.05, 3.63) is 59.9 Å². The van der Waals surface area contributed by atoms with Crippen molar-refractivity contribution >= 4 is 28.8 Å². The topological polar surface area (TPSA) is 73.9 Å². The Morgan fingerprint density at radius 3 is 2.52 bits per heavy atom. The fourth-order valence-corrected chi connectivity index (χ4v) is 4.05. The zero-order chi connectivity index (χ0) is 21.8. The molecule has 2 aliphatic heterocycles. The van der Waals surface area contributed by atoms with Crippen LogP contribution in [0.5, 0.6) is 5.75 Å². The number of anilines is 3. The van der Waals surface area contributed by atoms with E-state index in [4.69, 9.17) is 4.74 Å². The Balaban J connectivity index is 1.53. The van der Waals surface area contributed by atoms with Crippen molar-refractivity contribution < 1.29 is 14.3 Å². The number of hydrogen-bond donors (Lipinski definition) is 2. The first-order valence-electron chi connectivity index (χ1n) is 10.8. The summed E-state index contributed by atoms with van der Waals surface area (Å²) in [4.78, 5) is 29.7. The molecular formula is C24H28N4O3. The lowest BCUT2D eigenvalue weighted by atomic mass is 10.0. The first-order chi connectivity index (χ1) is 15.1. The Labute approximate surface area is 182 Å². The zero-order valence-corrected chi connectivity index (χ0v) is 18.0. The van der Waals surface area contributed by atoms with Crippen LogP contribution in [0.2, 0.25) is 0 Å². The Bertz CT molecular complexity index is 1000. The van der Waals surface area contributed by atoms with E-state index in [1.807, 2.05) is 60.4 Å². The maximum Gasteiger partial charge on any atom is 0.255 e. The minimum atomic E-state index is -0.250. The van der Waals surface area contributed by atoms with Gasteiger partial charge in [-0.3, -0.25) is 9.59 Å². The maximum absolute atomic E-state index is 13.2. The van der Waals surface area contributed by atoms with E-state index in [2.05, 4.69) is 22.5 Å². The van der Waals surface area contributed by atoms with Gasteiger partial charge in [-0.05, 0) is 49.9 Å². The molecule has 2 N–H and O–H groups in total. The van der Waals surface area contributed by atoms with Crippen LogP contribution >= 0.6 is 0 Å². The summed E-state index contributed by atoms with van der Waals surface area (Å²) in [6.45, 7) is 7.39. The van der Waals surface area contributed by atoms with Gasteiger partial charge in [0.25, 0.3) is 5.91 Å². The van der Waals surface area contributed by atoms with E-state index in [1.165, 1.54) is 0 Å². The van der Waals surface area contributed by atoms with Crippen LogP contribution in [0, 0.1) is 0 Å². The Hall–Kier alpha value is -3.32. The minimum Gasteiger partial charge on any atom is -0.492 e. The summed E-state index contributed by atoms with van der Waals surface area (Å²) in [6, 6.07) is 15.3. The molecule has 2 heterocycles. The molecule has 0 atom stereocenters. The molecule has 0 bridgehead atoms. The van der Waals surface area contributed by atoms with Gasteiger partial charge in [0.1, 0.15) is 18.2 Å². The van der Waals surface area contributed by atoms with Crippen LogP contribution in [0.15, 0.2) is 59.9 Å². The van der Waals surface area contributed by atoms with Gasteiger partial charge in [0.15, 0.2) is 5.78 Å². The molecule has 31 heavy (non-hydrogen) atoms. The van der Waals surface area contributed by atoms with Crippen molar-refractivity contribution in [1.82, 2.24) is 5.32 Å². The van der Waals surface area contributed by atoms with Gasteiger partial charge in [0, 0.05) is 25.2 Å². The summed E-state index contributed by atoms with van der Waals surface area (Å²) in [5.74, 6) is 1.34.